The summed E-state index contributed by atoms with van der Waals surface area (Å²) in [5, 5.41) is 3.45. The second kappa shape index (κ2) is 6.55. The number of rotatable bonds is 5. The summed E-state index contributed by atoms with van der Waals surface area (Å²) in [6.45, 7) is 2.85. The van der Waals surface area contributed by atoms with Crippen LogP contribution < -0.4 is 5.32 Å². The number of benzene rings is 1. The van der Waals surface area contributed by atoms with E-state index in [0.29, 0.717) is 11.3 Å². The first kappa shape index (κ1) is 14.6. The van der Waals surface area contributed by atoms with Crippen LogP contribution in [-0.2, 0) is 0 Å². The highest BCUT2D eigenvalue weighted by molar-refractivity contribution is 9.10. The van der Waals surface area contributed by atoms with E-state index < -0.39 is 5.82 Å². The van der Waals surface area contributed by atoms with E-state index in [1.165, 1.54) is 6.07 Å². The van der Waals surface area contributed by atoms with Crippen LogP contribution in [0.3, 0.4) is 0 Å². The van der Waals surface area contributed by atoms with Crippen LogP contribution >= 0.6 is 27.5 Å². The van der Waals surface area contributed by atoms with E-state index >= 15 is 0 Å². The van der Waals surface area contributed by atoms with E-state index in [1.807, 2.05) is 6.07 Å². The molecule has 0 radical (unpaired) electrons. The Kier molecular flexibility index (Phi) is 5.02. The molecule has 1 atom stereocenters. The van der Waals surface area contributed by atoms with Crippen molar-refractivity contribution in [2.24, 2.45) is 0 Å². The van der Waals surface area contributed by atoms with E-state index in [4.69, 9.17) is 16.0 Å². The Balaban J connectivity index is 2.43. The monoisotopic (exact) mass is 345 g/mol. The lowest BCUT2D eigenvalue weighted by Gasteiger charge is -2.19. The zero-order valence-corrected chi connectivity index (χ0v) is 12.8. The van der Waals surface area contributed by atoms with Gasteiger partial charge in [0.05, 0.1) is 21.8 Å². The molecule has 102 valence electrons. The molecule has 1 unspecified atom stereocenters. The summed E-state index contributed by atoms with van der Waals surface area (Å²) < 4.78 is 19.9. The number of halogens is 3. The number of hydrogen-bond donors (Lipinski definition) is 1. The Morgan fingerprint density at radius 1 is 1.42 bits per heavy atom. The van der Waals surface area contributed by atoms with Crippen LogP contribution in [0.25, 0.3) is 0 Å². The average molecular weight is 347 g/mol. The van der Waals surface area contributed by atoms with Crippen molar-refractivity contribution < 1.29 is 8.81 Å². The van der Waals surface area contributed by atoms with E-state index in [-0.39, 0.29) is 11.1 Å². The maximum atomic E-state index is 13.6. The number of furan rings is 1. The fourth-order valence-corrected chi connectivity index (χ4v) is 2.55. The first-order valence-electron chi connectivity index (χ1n) is 6.05. The molecule has 0 aliphatic rings. The van der Waals surface area contributed by atoms with Crippen LogP contribution in [-0.4, -0.2) is 6.54 Å². The summed E-state index contributed by atoms with van der Waals surface area (Å²) >= 11 is 9.49. The molecule has 2 nitrogen and oxygen atoms in total. The SMILES string of the molecule is CCCNC(c1cccc(F)c1Cl)c1occc1Br. The van der Waals surface area contributed by atoms with Crippen molar-refractivity contribution in [3.05, 3.63) is 57.2 Å². The Morgan fingerprint density at radius 3 is 2.84 bits per heavy atom. The van der Waals surface area contributed by atoms with Crippen molar-refractivity contribution in [2.45, 2.75) is 19.4 Å². The maximum absolute atomic E-state index is 13.6. The molecule has 1 heterocycles. The van der Waals surface area contributed by atoms with Crippen LogP contribution in [0.1, 0.15) is 30.7 Å². The van der Waals surface area contributed by atoms with E-state index in [0.717, 1.165) is 17.4 Å². The van der Waals surface area contributed by atoms with Crippen LogP contribution in [0, 0.1) is 5.82 Å². The summed E-state index contributed by atoms with van der Waals surface area (Å²) in [4.78, 5) is 0. The van der Waals surface area contributed by atoms with Crippen molar-refractivity contribution in [2.75, 3.05) is 6.54 Å². The Labute approximate surface area is 125 Å². The van der Waals surface area contributed by atoms with Crippen molar-refractivity contribution in [1.29, 1.82) is 0 Å². The third-order valence-electron chi connectivity index (χ3n) is 2.80. The van der Waals surface area contributed by atoms with Gasteiger partial charge in [-0.15, -0.1) is 0 Å². The highest BCUT2D eigenvalue weighted by Gasteiger charge is 2.23. The van der Waals surface area contributed by atoms with Crippen LogP contribution in [0.15, 0.2) is 39.4 Å². The van der Waals surface area contributed by atoms with Gasteiger partial charge < -0.3 is 9.73 Å². The molecule has 1 aromatic carbocycles. The predicted octanol–water partition coefficient (Wildman–Crippen LogP) is 4.92. The molecule has 0 fully saturated rings. The molecule has 2 rings (SSSR count). The molecule has 0 bridgehead atoms. The predicted molar refractivity (Wildman–Crippen MR) is 78.0 cm³/mol. The Bertz CT molecular complexity index is 558. The summed E-state index contributed by atoms with van der Waals surface area (Å²) in [6, 6.07) is 6.33. The number of nitrogens with one attached hydrogen (secondary N) is 1. The van der Waals surface area contributed by atoms with Crippen molar-refractivity contribution in [3.63, 3.8) is 0 Å². The van der Waals surface area contributed by atoms with Gasteiger partial charge >= 0.3 is 0 Å². The van der Waals surface area contributed by atoms with Gasteiger partial charge in [-0.25, -0.2) is 4.39 Å². The van der Waals surface area contributed by atoms with Gasteiger partial charge in [0, 0.05) is 0 Å². The third kappa shape index (κ3) is 3.19. The standard InChI is InChI=1S/C14H14BrClFNO/c1-2-7-18-13(14-10(15)6-8-19-14)9-4-3-5-11(17)12(9)16/h3-6,8,13,18H,2,7H2,1H3. The van der Waals surface area contributed by atoms with Crippen LogP contribution in [0.2, 0.25) is 5.02 Å². The summed E-state index contributed by atoms with van der Waals surface area (Å²) in [7, 11) is 0. The molecule has 1 aromatic heterocycles. The van der Waals surface area contributed by atoms with Gasteiger partial charge in [0.2, 0.25) is 0 Å². The minimum Gasteiger partial charge on any atom is -0.466 e. The van der Waals surface area contributed by atoms with Gasteiger partial charge in [0.1, 0.15) is 11.6 Å². The topological polar surface area (TPSA) is 25.2 Å². The first-order valence-corrected chi connectivity index (χ1v) is 7.22. The quantitative estimate of drug-likeness (QED) is 0.831. The van der Waals surface area contributed by atoms with Gasteiger partial charge in [-0.1, -0.05) is 30.7 Å². The van der Waals surface area contributed by atoms with Crippen molar-refractivity contribution >= 4 is 27.5 Å². The Morgan fingerprint density at radius 2 is 2.21 bits per heavy atom. The molecule has 19 heavy (non-hydrogen) atoms. The molecule has 1 N–H and O–H groups in total. The largest absolute Gasteiger partial charge is 0.466 e. The van der Waals surface area contributed by atoms with Crippen LogP contribution in [0.4, 0.5) is 4.39 Å². The summed E-state index contributed by atoms with van der Waals surface area (Å²) in [5.41, 5.74) is 0.672. The molecule has 0 saturated carbocycles. The summed E-state index contributed by atoms with van der Waals surface area (Å²) in [5.74, 6) is 0.270. The van der Waals surface area contributed by atoms with E-state index in [2.05, 4.69) is 28.2 Å². The lowest BCUT2D eigenvalue weighted by atomic mass is 10.0. The lowest BCUT2D eigenvalue weighted by molar-refractivity contribution is 0.443. The van der Waals surface area contributed by atoms with E-state index in [1.54, 1.807) is 18.4 Å². The van der Waals surface area contributed by atoms with Gasteiger partial charge in [0.15, 0.2) is 0 Å². The zero-order valence-electron chi connectivity index (χ0n) is 10.4. The average Bonchev–Trinajstić information content (AvgIpc) is 2.81. The fourth-order valence-electron chi connectivity index (χ4n) is 1.89. The molecule has 0 aliphatic carbocycles. The molecular formula is C14H14BrClFNO. The summed E-state index contributed by atoms with van der Waals surface area (Å²) in [6.07, 6.45) is 2.55. The van der Waals surface area contributed by atoms with Crippen LogP contribution in [0.5, 0.6) is 0 Å². The van der Waals surface area contributed by atoms with Crippen molar-refractivity contribution in [1.82, 2.24) is 5.32 Å². The molecule has 0 spiro atoms. The molecule has 0 amide bonds. The molecule has 0 aliphatic heterocycles. The Hall–Kier alpha value is -0.840. The molecule has 5 heteroatoms. The smallest absolute Gasteiger partial charge is 0.142 e. The molecule has 2 aromatic rings. The van der Waals surface area contributed by atoms with E-state index in [9.17, 15) is 4.39 Å². The second-order valence-electron chi connectivity index (χ2n) is 4.16. The second-order valence-corrected chi connectivity index (χ2v) is 5.40. The fraction of sp³-hybridized carbons (Fsp3) is 0.286. The number of hydrogen-bond acceptors (Lipinski definition) is 2. The lowest BCUT2D eigenvalue weighted by Crippen LogP contribution is -2.23. The van der Waals surface area contributed by atoms with Gasteiger partial charge in [-0.2, -0.15) is 0 Å². The molecular weight excluding hydrogens is 333 g/mol. The van der Waals surface area contributed by atoms with Gasteiger partial charge in [-0.3, -0.25) is 0 Å². The maximum Gasteiger partial charge on any atom is 0.142 e. The first-order chi connectivity index (χ1) is 9.15. The highest BCUT2D eigenvalue weighted by atomic mass is 79.9. The third-order valence-corrected chi connectivity index (χ3v) is 3.85. The minimum absolute atomic E-state index is 0.124. The molecule has 0 saturated heterocycles. The van der Waals surface area contributed by atoms with Crippen molar-refractivity contribution in [3.8, 4) is 0 Å². The minimum atomic E-state index is -0.426. The zero-order chi connectivity index (χ0) is 13.8. The van der Waals surface area contributed by atoms with Gasteiger partial charge in [0.25, 0.3) is 0 Å². The highest BCUT2D eigenvalue weighted by Crippen LogP contribution is 2.34. The van der Waals surface area contributed by atoms with Gasteiger partial charge in [-0.05, 0) is 46.6 Å². The normalized spacial score (nSPS) is 12.6.